The molecule has 0 N–H and O–H groups in total. The highest BCUT2D eigenvalue weighted by atomic mass is 16.6. The van der Waals surface area contributed by atoms with E-state index >= 15 is 0 Å². The molecular weight excluding hydrogens is 340 g/mol. The topological polar surface area (TPSA) is 42.0 Å². The van der Waals surface area contributed by atoms with Gasteiger partial charge in [0.25, 0.3) is 0 Å². The molecule has 1 atom stereocenters. The van der Waals surface area contributed by atoms with Crippen molar-refractivity contribution in [1.29, 1.82) is 0 Å². The lowest BCUT2D eigenvalue weighted by Gasteiger charge is -2.31. The van der Waals surface area contributed by atoms with Crippen molar-refractivity contribution >= 4 is 5.91 Å². The highest BCUT2D eigenvalue weighted by molar-refractivity contribution is 5.78. The Kier molecular flexibility index (Phi) is 6.64. The second kappa shape index (κ2) is 8.96. The summed E-state index contributed by atoms with van der Waals surface area (Å²) in [6, 6.07) is 6.51. The van der Waals surface area contributed by atoms with Crippen molar-refractivity contribution in [3.8, 4) is 11.5 Å². The van der Waals surface area contributed by atoms with E-state index in [1.165, 1.54) is 5.56 Å². The summed E-state index contributed by atoms with van der Waals surface area (Å²) in [6.45, 7) is 13.0. The number of likely N-dealkylation sites (tertiary alicyclic amines) is 1. The maximum Gasteiger partial charge on any atom is 0.236 e. The molecule has 0 bridgehead atoms. The van der Waals surface area contributed by atoms with Crippen molar-refractivity contribution in [2.24, 2.45) is 11.8 Å². The molecular formula is C22H34N2O3. The molecule has 1 aromatic carbocycles. The fourth-order valence-corrected chi connectivity index (χ4v) is 4.09. The molecule has 2 heterocycles. The molecule has 0 aliphatic carbocycles. The van der Waals surface area contributed by atoms with E-state index in [1.807, 2.05) is 6.07 Å². The Balaban J connectivity index is 1.69. The Morgan fingerprint density at radius 2 is 1.78 bits per heavy atom. The third-order valence-electron chi connectivity index (χ3n) is 5.18. The van der Waals surface area contributed by atoms with Crippen LogP contribution in [-0.4, -0.2) is 55.1 Å². The Morgan fingerprint density at radius 1 is 1.11 bits per heavy atom. The third kappa shape index (κ3) is 5.16. The molecule has 0 radical (unpaired) electrons. The van der Waals surface area contributed by atoms with Crippen LogP contribution in [0.5, 0.6) is 11.5 Å². The number of carbonyl (C=O) groups is 1. The maximum atomic E-state index is 13.0. The maximum absolute atomic E-state index is 13.0. The van der Waals surface area contributed by atoms with Gasteiger partial charge in [-0.2, -0.15) is 0 Å². The Morgan fingerprint density at radius 3 is 2.44 bits per heavy atom. The van der Waals surface area contributed by atoms with Crippen LogP contribution in [0.3, 0.4) is 0 Å². The van der Waals surface area contributed by atoms with E-state index in [-0.39, 0.29) is 11.9 Å². The van der Waals surface area contributed by atoms with Crippen molar-refractivity contribution < 1.29 is 14.3 Å². The SMILES string of the molecule is CC(C)CN(CC(C)C)C(=O)CN1CCCC1c1ccc2c(c1)OCCO2. The lowest BCUT2D eigenvalue weighted by atomic mass is 10.0. The van der Waals surface area contributed by atoms with Crippen LogP contribution in [-0.2, 0) is 4.79 Å². The molecule has 1 aromatic rings. The van der Waals surface area contributed by atoms with Gasteiger partial charge >= 0.3 is 0 Å². The first-order chi connectivity index (χ1) is 12.9. The Hall–Kier alpha value is -1.75. The molecule has 2 aliphatic heterocycles. The molecule has 2 aliphatic rings. The average Bonchev–Trinajstić information content (AvgIpc) is 3.08. The van der Waals surface area contributed by atoms with Gasteiger partial charge in [0.15, 0.2) is 11.5 Å². The van der Waals surface area contributed by atoms with E-state index in [9.17, 15) is 4.79 Å². The third-order valence-corrected chi connectivity index (χ3v) is 5.18. The zero-order chi connectivity index (χ0) is 19.4. The van der Waals surface area contributed by atoms with Crippen molar-refractivity contribution in [3.63, 3.8) is 0 Å². The van der Waals surface area contributed by atoms with Crippen molar-refractivity contribution in [1.82, 2.24) is 9.80 Å². The van der Waals surface area contributed by atoms with Gasteiger partial charge in [-0.3, -0.25) is 9.69 Å². The number of carbonyl (C=O) groups excluding carboxylic acids is 1. The Bertz CT molecular complexity index is 634. The summed E-state index contributed by atoms with van der Waals surface area (Å²) in [5, 5.41) is 0. The summed E-state index contributed by atoms with van der Waals surface area (Å²) in [4.78, 5) is 17.4. The predicted octanol–water partition coefficient (Wildman–Crippen LogP) is 3.74. The van der Waals surface area contributed by atoms with Crippen LogP contribution in [0.4, 0.5) is 0 Å². The van der Waals surface area contributed by atoms with Gasteiger partial charge in [-0.25, -0.2) is 0 Å². The summed E-state index contributed by atoms with van der Waals surface area (Å²) >= 11 is 0. The van der Waals surface area contributed by atoms with Gasteiger partial charge in [-0.05, 0) is 48.9 Å². The van der Waals surface area contributed by atoms with E-state index in [1.54, 1.807) is 0 Å². The predicted molar refractivity (Wildman–Crippen MR) is 107 cm³/mol. The van der Waals surface area contributed by atoms with Gasteiger partial charge in [0.05, 0.1) is 6.54 Å². The first-order valence-corrected chi connectivity index (χ1v) is 10.4. The molecule has 27 heavy (non-hydrogen) atoms. The van der Waals surface area contributed by atoms with Gasteiger partial charge in [-0.1, -0.05) is 33.8 Å². The molecule has 150 valence electrons. The summed E-state index contributed by atoms with van der Waals surface area (Å²) in [6.07, 6.45) is 2.21. The molecule has 1 amide bonds. The minimum atomic E-state index is 0.252. The van der Waals surface area contributed by atoms with Gasteiger partial charge in [-0.15, -0.1) is 0 Å². The summed E-state index contributed by atoms with van der Waals surface area (Å²) in [7, 11) is 0. The molecule has 0 spiro atoms. The number of rotatable bonds is 7. The van der Waals surface area contributed by atoms with Crippen LogP contribution < -0.4 is 9.47 Å². The van der Waals surface area contributed by atoms with E-state index < -0.39 is 0 Å². The second-order valence-corrected chi connectivity index (χ2v) is 8.62. The fourth-order valence-electron chi connectivity index (χ4n) is 4.09. The molecule has 1 unspecified atom stereocenters. The summed E-state index contributed by atoms with van der Waals surface area (Å²) in [5.41, 5.74) is 1.23. The minimum Gasteiger partial charge on any atom is -0.486 e. The summed E-state index contributed by atoms with van der Waals surface area (Å²) in [5.74, 6) is 2.88. The molecule has 0 aromatic heterocycles. The second-order valence-electron chi connectivity index (χ2n) is 8.62. The van der Waals surface area contributed by atoms with Crippen LogP contribution in [0.1, 0.15) is 52.1 Å². The molecule has 1 fully saturated rings. The largest absolute Gasteiger partial charge is 0.486 e. The van der Waals surface area contributed by atoms with Crippen LogP contribution in [0.2, 0.25) is 0 Å². The smallest absolute Gasteiger partial charge is 0.236 e. The van der Waals surface area contributed by atoms with E-state index in [0.29, 0.717) is 31.6 Å². The first kappa shape index (κ1) is 20.0. The molecule has 5 nitrogen and oxygen atoms in total. The number of nitrogens with zero attached hydrogens (tertiary/aromatic N) is 2. The number of fused-ring (bicyclic) bond motifs is 1. The monoisotopic (exact) mass is 374 g/mol. The molecule has 0 saturated carbocycles. The average molecular weight is 375 g/mol. The quantitative estimate of drug-likeness (QED) is 0.729. The fraction of sp³-hybridized carbons (Fsp3) is 0.682. The number of amides is 1. The standard InChI is InChI=1S/C22H34N2O3/c1-16(2)13-24(14-17(3)4)22(25)15-23-9-5-6-19(23)18-7-8-20-21(12-18)27-11-10-26-20/h7-8,12,16-17,19H,5-6,9-11,13-15H2,1-4H3. The zero-order valence-electron chi connectivity index (χ0n) is 17.2. The van der Waals surface area contributed by atoms with E-state index in [0.717, 1.165) is 44.0 Å². The van der Waals surface area contributed by atoms with Gasteiger partial charge in [0.2, 0.25) is 5.91 Å². The van der Waals surface area contributed by atoms with Crippen molar-refractivity contribution in [3.05, 3.63) is 23.8 Å². The lowest BCUT2D eigenvalue weighted by molar-refractivity contribution is -0.133. The Labute approximate surface area is 163 Å². The molecule has 1 saturated heterocycles. The first-order valence-electron chi connectivity index (χ1n) is 10.4. The number of benzene rings is 1. The van der Waals surface area contributed by atoms with Gasteiger partial charge < -0.3 is 14.4 Å². The van der Waals surface area contributed by atoms with Crippen molar-refractivity contribution in [2.45, 2.75) is 46.6 Å². The highest BCUT2D eigenvalue weighted by Crippen LogP contribution is 2.38. The zero-order valence-corrected chi connectivity index (χ0v) is 17.2. The van der Waals surface area contributed by atoms with Crippen LogP contribution in [0.25, 0.3) is 0 Å². The normalized spacial score (nSPS) is 19.7. The van der Waals surface area contributed by atoms with Gasteiger partial charge in [0.1, 0.15) is 13.2 Å². The highest BCUT2D eigenvalue weighted by Gasteiger charge is 2.30. The van der Waals surface area contributed by atoms with Crippen LogP contribution >= 0.6 is 0 Å². The van der Waals surface area contributed by atoms with E-state index in [4.69, 9.17) is 9.47 Å². The number of hydrogen-bond donors (Lipinski definition) is 0. The van der Waals surface area contributed by atoms with Crippen molar-refractivity contribution in [2.75, 3.05) is 39.4 Å². The molecule has 3 rings (SSSR count). The van der Waals surface area contributed by atoms with Crippen LogP contribution in [0.15, 0.2) is 18.2 Å². The molecule has 5 heteroatoms. The minimum absolute atomic E-state index is 0.252. The summed E-state index contributed by atoms with van der Waals surface area (Å²) < 4.78 is 11.4. The lowest BCUT2D eigenvalue weighted by Crippen LogP contribution is -2.43. The number of ether oxygens (including phenoxy) is 2. The number of hydrogen-bond acceptors (Lipinski definition) is 4. The van der Waals surface area contributed by atoms with E-state index in [2.05, 4.69) is 49.6 Å². The van der Waals surface area contributed by atoms with Crippen LogP contribution in [0, 0.1) is 11.8 Å². The van der Waals surface area contributed by atoms with Gasteiger partial charge in [0, 0.05) is 19.1 Å².